The SMILES string of the molecule is CCNC(Cc1cccc(Br)c1)c1c(F)ccc(C)c1F. The molecule has 112 valence electrons. The van der Waals surface area contributed by atoms with Crippen LogP contribution in [0.25, 0.3) is 0 Å². The minimum atomic E-state index is -0.501. The van der Waals surface area contributed by atoms with Gasteiger partial charge in [0.05, 0.1) is 0 Å². The summed E-state index contributed by atoms with van der Waals surface area (Å²) in [5.74, 6) is -0.963. The summed E-state index contributed by atoms with van der Waals surface area (Å²) < 4.78 is 29.4. The quantitative estimate of drug-likeness (QED) is 0.803. The van der Waals surface area contributed by atoms with Gasteiger partial charge in [0, 0.05) is 16.1 Å². The number of hydrogen-bond acceptors (Lipinski definition) is 1. The van der Waals surface area contributed by atoms with Crippen LogP contribution in [-0.4, -0.2) is 6.54 Å². The minimum Gasteiger partial charge on any atom is -0.310 e. The van der Waals surface area contributed by atoms with Gasteiger partial charge in [-0.3, -0.25) is 0 Å². The Morgan fingerprint density at radius 1 is 1.19 bits per heavy atom. The molecule has 4 heteroatoms. The smallest absolute Gasteiger partial charge is 0.133 e. The highest BCUT2D eigenvalue weighted by Gasteiger charge is 2.21. The average Bonchev–Trinajstić information content (AvgIpc) is 2.44. The Labute approximate surface area is 132 Å². The second-order valence-electron chi connectivity index (χ2n) is 5.04. The summed E-state index contributed by atoms with van der Waals surface area (Å²) in [6.07, 6.45) is 0.532. The Balaban J connectivity index is 2.38. The first kappa shape index (κ1) is 16.1. The van der Waals surface area contributed by atoms with E-state index in [2.05, 4.69) is 21.2 Å². The average molecular weight is 354 g/mol. The maximum atomic E-state index is 14.3. The van der Waals surface area contributed by atoms with E-state index >= 15 is 0 Å². The van der Waals surface area contributed by atoms with E-state index in [0.29, 0.717) is 18.5 Å². The van der Waals surface area contributed by atoms with Crippen LogP contribution in [0.5, 0.6) is 0 Å². The second kappa shape index (κ2) is 7.14. The Bertz CT molecular complexity index is 628. The lowest BCUT2D eigenvalue weighted by atomic mass is 9.96. The zero-order chi connectivity index (χ0) is 15.4. The normalized spacial score (nSPS) is 12.4. The Morgan fingerprint density at radius 3 is 2.62 bits per heavy atom. The first-order valence-electron chi connectivity index (χ1n) is 6.95. The molecule has 0 amide bonds. The van der Waals surface area contributed by atoms with Crippen LogP contribution in [0.1, 0.15) is 29.7 Å². The predicted octanol–water partition coefficient (Wildman–Crippen LogP) is 4.93. The summed E-state index contributed by atoms with van der Waals surface area (Å²) in [5.41, 5.74) is 1.61. The van der Waals surface area contributed by atoms with Gasteiger partial charge in [-0.15, -0.1) is 0 Å². The molecule has 1 N–H and O–H groups in total. The van der Waals surface area contributed by atoms with Crippen molar-refractivity contribution >= 4 is 15.9 Å². The van der Waals surface area contributed by atoms with Crippen molar-refractivity contribution in [2.24, 2.45) is 0 Å². The van der Waals surface area contributed by atoms with E-state index in [1.54, 1.807) is 6.92 Å². The largest absolute Gasteiger partial charge is 0.310 e. The van der Waals surface area contributed by atoms with Crippen molar-refractivity contribution in [3.05, 3.63) is 69.2 Å². The molecule has 1 atom stereocenters. The van der Waals surface area contributed by atoms with Gasteiger partial charge < -0.3 is 5.32 Å². The molecule has 2 rings (SSSR count). The topological polar surface area (TPSA) is 12.0 Å². The molecule has 0 aliphatic carbocycles. The van der Waals surface area contributed by atoms with Crippen molar-refractivity contribution in [2.45, 2.75) is 26.3 Å². The molecule has 0 aliphatic rings. The summed E-state index contributed by atoms with van der Waals surface area (Å²) in [6, 6.07) is 10.2. The van der Waals surface area contributed by atoms with Crippen molar-refractivity contribution in [3.63, 3.8) is 0 Å². The zero-order valence-corrected chi connectivity index (χ0v) is 13.7. The molecule has 0 radical (unpaired) electrons. The van der Waals surface area contributed by atoms with Crippen LogP contribution >= 0.6 is 15.9 Å². The Hall–Kier alpha value is -1.26. The van der Waals surface area contributed by atoms with Crippen LogP contribution in [0.15, 0.2) is 40.9 Å². The van der Waals surface area contributed by atoms with Crippen LogP contribution in [-0.2, 0) is 6.42 Å². The number of rotatable bonds is 5. The van der Waals surface area contributed by atoms with Crippen molar-refractivity contribution in [3.8, 4) is 0 Å². The van der Waals surface area contributed by atoms with Crippen molar-refractivity contribution in [2.75, 3.05) is 6.54 Å². The fraction of sp³-hybridized carbons (Fsp3) is 0.294. The fourth-order valence-electron chi connectivity index (χ4n) is 2.42. The number of likely N-dealkylation sites (N-methyl/N-ethyl adjacent to an activating group) is 1. The molecule has 0 saturated carbocycles. The standard InChI is InChI=1S/C17H18BrF2N/c1-3-21-15(10-12-5-4-6-13(18)9-12)16-14(19)8-7-11(2)17(16)20/h4-9,15,21H,3,10H2,1-2H3. The summed E-state index contributed by atoms with van der Waals surface area (Å²) in [7, 11) is 0. The van der Waals surface area contributed by atoms with Crippen LogP contribution in [0.3, 0.4) is 0 Å². The highest BCUT2D eigenvalue weighted by Crippen LogP contribution is 2.27. The van der Waals surface area contributed by atoms with E-state index in [1.807, 2.05) is 31.2 Å². The second-order valence-corrected chi connectivity index (χ2v) is 5.95. The van der Waals surface area contributed by atoms with Gasteiger partial charge in [0.15, 0.2) is 0 Å². The molecule has 0 aromatic heterocycles. The van der Waals surface area contributed by atoms with Crippen LogP contribution in [0, 0.1) is 18.6 Å². The third-order valence-electron chi connectivity index (χ3n) is 3.45. The number of halogens is 3. The maximum Gasteiger partial charge on any atom is 0.133 e. The monoisotopic (exact) mass is 353 g/mol. The molecule has 0 bridgehead atoms. The van der Waals surface area contributed by atoms with Gasteiger partial charge in [0.2, 0.25) is 0 Å². The predicted molar refractivity (Wildman–Crippen MR) is 85.4 cm³/mol. The number of nitrogens with one attached hydrogen (secondary N) is 1. The molecule has 2 aromatic carbocycles. The molecular weight excluding hydrogens is 336 g/mol. The molecule has 1 unspecified atom stereocenters. The van der Waals surface area contributed by atoms with Crippen LogP contribution < -0.4 is 5.32 Å². The number of aryl methyl sites for hydroxylation is 1. The summed E-state index contributed by atoms with van der Waals surface area (Å²) in [5, 5.41) is 3.18. The number of benzene rings is 2. The Morgan fingerprint density at radius 2 is 1.95 bits per heavy atom. The minimum absolute atomic E-state index is 0.122. The van der Waals surface area contributed by atoms with Gasteiger partial charge in [0.25, 0.3) is 0 Å². The molecule has 21 heavy (non-hydrogen) atoms. The lowest BCUT2D eigenvalue weighted by Gasteiger charge is -2.20. The van der Waals surface area contributed by atoms with Crippen LogP contribution in [0.2, 0.25) is 0 Å². The third kappa shape index (κ3) is 3.89. The van der Waals surface area contributed by atoms with Crippen molar-refractivity contribution in [1.29, 1.82) is 0 Å². The summed E-state index contributed by atoms with van der Waals surface area (Å²) >= 11 is 3.42. The third-order valence-corrected chi connectivity index (χ3v) is 3.94. The molecule has 0 aliphatic heterocycles. The molecular formula is C17H18BrF2N. The van der Waals surface area contributed by atoms with Crippen molar-refractivity contribution < 1.29 is 8.78 Å². The zero-order valence-electron chi connectivity index (χ0n) is 12.1. The maximum absolute atomic E-state index is 14.3. The molecule has 0 saturated heterocycles. The van der Waals surface area contributed by atoms with Gasteiger partial charge in [-0.05, 0) is 49.2 Å². The van der Waals surface area contributed by atoms with E-state index in [4.69, 9.17) is 0 Å². The van der Waals surface area contributed by atoms with E-state index in [-0.39, 0.29) is 11.6 Å². The van der Waals surface area contributed by atoms with Gasteiger partial charge in [-0.1, -0.05) is 41.1 Å². The highest BCUT2D eigenvalue weighted by molar-refractivity contribution is 9.10. The van der Waals surface area contributed by atoms with E-state index in [1.165, 1.54) is 12.1 Å². The molecule has 0 heterocycles. The first-order valence-corrected chi connectivity index (χ1v) is 7.74. The van der Waals surface area contributed by atoms with E-state index < -0.39 is 11.6 Å². The van der Waals surface area contributed by atoms with Crippen LogP contribution in [0.4, 0.5) is 8.78 Å². The van der Waals surface area contributed by atoms with Crippen molar-refractivity contribution in [1.82, 2.24) is 5.32 Å². The summed E-state index contributed by atoms with van der Waals surface area (Å²) in [4.78, 5) is 0. The molecule has 2 aromatic rings. The Kier molecular flexibility index (Phi) is 5.48. The highest BCUT2D eigenvalue weighted by atomic mass is 79.9. The lowest BCUT2D eigenvalue weighted by molar-refractivity contribution is 0.470. The lowest BCUT2D eigenvalue weighted by Crippen LogP contribution is -2.25. The van der Waals surface area contributed by atoms with Gasteiger partial charge in [0.1, 0.15) is 11.6 Å². The summed E-state index contributed by atoms with van der Waals surface area (Å²) in [6.45, 7) is 4.23. The molecule has 1 nitrogen and oxygen atoms in total. The number of hydrogen-bond donors (Lipinski definition) is 1. The fourth-order valence-corrected chi connectivity index (χ4v) is 2.87. The van der Waals surface area contributed by atoms with E-state index in [0.717, 1.165) is 10.0 Å². The van der Waals surface area contributed by atoms with Gasteiger partial charge in [-0.2, -0.15) is 0 Å². The van der Waals surface area contributed by atoms with Gasteiger partial charge >= 0.3 is 0 Å². The first-order chi connectivity index (χ1) is 10.0. The molecule has 0 fully saturated rings. The van der Waals surface area contributed by atoms with E-state index in [9.17, 15) is 8.78 Å². The van der Waals surface area contributed by atoms with Gasteiger partial charge in [-0.25, -0.2) is 8.78 Å². The molecule has 0 spiro atoms.